The quantitative estimate of drug-likeness (QED) is 0.862. The zero-order chi connectivity index (χ0) is 12.3. The Balaban J connectivity index is 2.53. The van der Waals surface area contributed by atoms with Crippen molar-refractivity contribution in [3.63, 3.8) is 0 Å². The number of nitrogens with one attached hydrogen (secondary N) is 1. The fourth-order valence-electron chi connectivity index (χ4n) is 1.53. The molecule has 88 valence electrons. The molecular formula is C12H14N4O. The molecule has 2 heterocycles. The average molecular weight is 230 g/mol. The molecule has 0 aromatic carbocycles. The summed E-state index contributed by atoms with van der Waals surface area (Å²) in [4.78, 5) is 20.1. The van der Waals surface area contributed by atoms with Gasteiger partial charge in [-0.1, -0.05) is 0 Å². The van der Waals surface area contributed by atoms with Crippen LogP contribution in [0.5, 0.6) is 0 Å². The first-order valence-electron chi connectivity index (χ1n) is 5.44. The molecule has 0 aliphatic carbocycles. The van der Waals surface area contributed by atoms with E-state index in [2.05, 4.69) is 15.3 Å². The van der Waals surface area contributed by atoms with Crippen LogP contribution in [0, 0.1) is 0 Å². The third-order valence-electron chi connectivity index (χ3n) is 2.45. The Bertz CT molecular complexity index is 562. The van der Waals surface area contributed by atoms with Crippen molar-refractivity contribution in [3.8, 4) is 11.3 Å². The minimum absolute atomic E-state index is 0.0808. The van der Waals surface area contributed by atoms with Crippen molar-refractivity contribution in [2.75, 3.05) is 11.9 Å². The summed E-state index contributed by atoms with van der Waals surface area (Å²) in [5, 5.41) is 3.06. The van der Waals surface area contributed by atoms with Gasteiger partial charge in [-0.2, -0.15) is 0 Å². The molecule has 0 saturated heterocycles. The number of hydrogen-bond donors (Lipinski definition) is 1. The smallest absolute Gasteiger partial charge is 0.255 e. The first-order valence-corrected chi connectivity index (χ1v) is 5.44. The van der Waals surface area contributed by atoms with Crippen LogP contribution in [0.4, 0.5) is 5.95 Å². The molecule has 5 heteroatoms. The standard InChI is InChI=1S/C12H14N4O/c1-3-14-12-15-10(8-11(17)16(12)2)9-4-6-13-7-5-9/h4-8H,3H2,1-2H3,(H,14,15). The van der Waals surface area contributed by atoms with E-state index in [1.807, 2.05) is 19.1 Å². The van der Waals surface area contributed by atoms with Crippen LogP contribution in [0.3, 0.4) is 0 Å². The van der Waals surface area contributed by atoms with Crippen LogP contribution in [0.2, 0.25) is 0 Å². The fourth-order valence-corrected chi connectivity index (χ4v) is 1.53. The minimum atomic E-state index is -0.0808. The second-order valence-corrected chi connectivity index (χ2v) is 3.63. The highest BCUT2D eigenvalue weighted by Crippen LogP contribution is 2.15. The van der Waals surface area contributed by atoms with E-state index in [-0.39, 0.29) is 5.56 Å². The third kappa shape index (κ3) is 2.33. The summed E-state index contributed by atoms with van der Waals surface area (Å²) >= 11 is 0. The van der Waals surface area contributed by atoms with Gasteiger partial charge in [0.15, 0.2) is 0 Å². The summed E-state index contributed by atoms with van der Waals surface area (Å²) in [6, 6.07) is 5.19. The van der Waals surface area contributed by atoms with Crippen molar-refractivity contribution in [2.45, 2.75) is 6.92 Å². The van der Waals surface area contributed by atoms with Crippen LogP contribution in [-0.4, -0.2) is 21.1 Å². The molecule has 2 rings (SSSR count). The molecule has 0 aliphatic rings. The molecule has 17 heavy (non-hydrogen) atoms. The molecule has 0 radical (unpaired) electrons. The summed E-state index contributed by atoms with van der Waals surface area (Å²) in [5.41, 5.74) is 1.46. The van der Waals surface area contributed by atoms with Crippen LogP contribution in [0.15, 0.2) is 35.4 Å². The van der Waals surface area contributed by atoms with E-state index >= 15 is 0 Å². The Kier molecular flexibility index (Phi) is 3.18. The lowest BCUT2D eigenvalue weighted by Gasteiger charge is -2.09. The second-order valence-electron chi connectivity index (χ2n) is 3.63. The van der Waals surface area contributed by atoms with E-state index in [4.69, 9.17) is 0 Å². The number of rotatable bonds is 3. The maximum atomic E-state index is 11.8. The Hall–Kier alpha value is -2.17. The first-order chi connectivity index (χ1) is 8.22. The molecule has 2 aromatic rings. The van der Waals surface area contributed by atoms with Gasteiger partial charge in [0.05, 0.1) is 5.69 Å². The normalized spacial score (nSPS) is 10.2. The molecule has 0 atom stereocenters. The minimum Gasteiger partial charge on any atom is -0.356 e. The zero-order valence-corrected chi connectivity index (χ0v) is 9.84. The second kappa shape index (κ2) is 4.78. The molecule has 1 N–H and O–H groups in total. The topological polar surface area (TPSA) is 59.8 Å². The lowest BCUT2D eigenvalue weighted by atomic mass is 10.2. The van der Waals surface area contributed by atoms with Crippen molar-refractivity contribution in [1.82, 2.24) is 14.5 Å². The molecular weight excluding hydrogens is 216 g/mol. The van der Waals surface area contributed by atoms with Gasteiger partial charge in [0, 0.05) is 37.6 Å². The van der Waals surface area contributed by atoms with Crippen molar-refractivity contribution in [3.05, 3.63) is 40.9 Å². The Labute approximate surface area is 99.2 Å². The summed E-state index contributed by atoms with van der Waals surface area (Å²) < 4.78 is 1.49. The predicted octanol–water partition coefficient (Wildman–Crippen LogP) is 1.27. The van der Waals surface area contributed by atoms with Crippen molar-refractivity contribution < 1.29 is 0 Å². The van der Waals surface area contributed by atoms with Crippen LogP contribution in [0.25, 0.3) is 11.3 Å². The fraction of sp³-hybridized carbons (Fsp3) is 0.250. The Morgan fingerprint density at radius 3 is 2.71 bits per heavy atom. The van der Waals surface area contributed by atoms with Crippen LogP contribution in [-0.2, 0) is 7.05 Å². The first kappa shape index (κ1) is 11.3. The van der Waals surface area contributed by atoms with Gasteiger partial charge in [-0.25, -0.2) is 4.98 Å². The number of nitrogens with zero attached hydrogens (tertiary/aromatic N) is 3. The number of pyridine rings is 1. The van der Waals surface area contributed by atoms with Crippen LogP contribution < -0.4 is 10.9 Å². The van der Waals surface area contributed by atoms with E-state index in [0.717, 1.165) is 12.1 Å². The van der Waals surface area contributed by atoms with Crippen molar-refractivity contribution in [1.29, 1.82) is 0 Å². The van der Waals surface area contributed by atoms with E-state index in [0.29, 0.717) is 11.6 Å². The van der Waals surface area contributed by atoms with Gasteiger partial charge in [-0.3, -0.25) is 14.3 Å². The molecule has 0 fully saturated rings. The molecule has 0 spiro atoms. The zero-order valence-electron chi connectivity index (χ0n) is 9.84. The summed E-state index contributed by atoms with van der Waals surface area (Å²) in [6.07, 6.45) is 3.36. The number of anilines is 1. The molecule has 0 amide bonds. The number of hydrogen-bond acceptors (Lipinski definition) is 4. The van der Waals surface area contributed by atoms with Gasteiger partial charge in [0.2, 0.25) is 5.95 Å². The Morgan fingerprint density at radius 2 is 2.06 bits per heavy atom. The third-order valence-corrected chi connectivity index (χ3v) is 2.45. The predicted molar refractivity (Wildman–Crippen MR) is 66.9 cm³/mol. The van der Waals surface area contributed by atoms with Gasteiger partial charge in [0.1, 0.15) is 0 Å². The van der Waals surface area contributed by atoms with Gasteiger partial charge < -0.3 is 5.32 Å². The lowest BCUT2D eigenvalue weighted by Crippen LogP contribution is -2.21. The summed E-state index contributed by atoms with van der Waals surface area (Å²) in [6.45, 7) is 2.69. The summed E-state index contributed by atoms with van der Waals surface area (Å²) in [7, 11) is 1.70. The van der Waals surface area contributed by atoms with E-state index in [1.165, 1.54) is 10.6 Å². The molecule has 0 saturated carbocycles. The SMILES string of the molecule is CCNc1nc(-c2ccncc2)cc(=O)n1C. The number of aromatic nitrogens is 3. The van der Waals surface area contributed by atoms with E-state index in [1.54, 1.807) is 19.4 Å². The highest BCUT2D eigenvalue weighted by Gasteiger charge is 2.06. The molecule has 2 aromatic heterocycles. The molecule has 0 unspecified atom stereocenters. The average Bonchev–Trinajstić information content (AvgIpc) is 2.36. The molecule has 0 aliphatic heterocycles. The van der Waals surface area contributed by atoms with Gasteiger partial charge >= 0.3 is 0 Å². The van der Waals surface area contributed by atoms with E-state index < -0.39 is 0 Å². The largest absolute Gasteiger partial charge is 0.356 e. The summed E-state index contributed by atoms with van der Waals surface area (Å²) in [5.74, 6) is 0.576. The maximum Gasteiger partial charge on any atom is 0.255 e. The molecule has 5 nitrogen and oxygen atoms in total. The van der Waals surface area contributed by atoms with Crippen LogP contribution in [0.1, 0.15) is 6.92 Å². The highest BCUT2D eigenvalue weighted by atomic mass is 16.1. The van der Waals surface area contributed by atoms with Gasteiger partial charge in [-0.15, -0.1) is 0 Å². The van der Waals surface area contributed by atoms with Gasteiger partial charge in [0.25, 0.3) is 5.56 Å². The van der Waals surface area contributed by atoms with Crippen LogP contribution >= 0.6 is 0 Å². The van der Waals surface area contributed by atoms with E-state index in [9.17, 15) is 4.79 Å². The maximum absolute atomic E-state index is 11.8. The lowest BCUT2D eigenvalue weighted by molar-refractivity contribution is 0.828. The Morgan fingerprint density at radius 1 is 1.35 bits per heavy atom. The van der Waals surface area contributed by atoms with Crippen molar-refractivity contribution >= 4 is 5.95 Å². The monoisotopic (exact) mass is 230 g/mol. The van der Waals surface area contributed by atoms with Gasteiger partial charge in [-0.05, 0) is 19.1 Å². The molecule has 0 bridgehead atoms. The van der Waals surface area contributed by atoms with Crippen molar-refractivity contribution in [2.24, 2.45) is 7.05 Å². The highest BCUT2D eigenvalue weighted by molar-refractivity contribution is 5.59.